The van der Waals surface area contributed by atoms with E-state index in [1.807, 2.05) is 0 Å². The van der Waals surface area contributed by atoms with Crippen molar-refractivity contribution in [3.8, 4) is 0 Å². The number of benzene rings is 1. The molecular weight excluding hydrogens is 263 g/mol. The van der Waals surface area contributed by atoms with Gasteiger partial charge in [-0.25, -0.2) is 4.79 Å². The van der Waals surface area contributed by atoms with Crippen LogP contribution in [0.2, 0.25) is 0 Å². The van der Waals surface area contributed by atoms with Crippen molar-refractivity contribution in [1.82, 2.24) is 4.90 Å². The van der Waals surface area contributed by atoms with Crippen molar-refractivity contribution in [2.24, 2.45) is 0 Å². The molecule has 1 aromatic rings. The predicted octanol–water partition coefficient (Wildman–Crippen LogP) is 2.28. The summed E-state index contributed by atoms with van der Waals surface area (Å²) in [5.74, 6) is 0. The highest BCUT2D eigenvalue weighted by Gasteiger charge is 2.40. The van der Waals surface area contributed by atoms with Gasteiger partial charge < -0.3 is 15.1 Å². The number of hydrogen-bond donors (Lipinski definition) is 2. The Morgan fingerprint density at radius 1 is 1.26 bits per heavy atom. The van der Waals surface area contributed by atoms with Crippen LogP contribution in [0.5, 0.6) is 0 Å². The molecule has 1 atom stereocenters. The standard InChI is InChI=1S/C12H12F3NO3/c13-12(14,15)9-3-1-8(2-4-9)11(19)5-6-16(7-11)10(17)18/h1-4,19H,5-7H2,(H,17,18). The molecule has 0 spiro atoms. The largest absolute Gasteiger partial charge is 0.465 e. The van der Waals surface area contributed by atoms with Crippen molar-refractivity contribution in [2.75, 3.05) is 13.1 Å². The van der Waals surface area contributed by atoms with Crippen LogP contribution < -0.4 is 0 Å². The second-order valence-corrected chi connectivity index (χ2v) is 4.56. The minimum atomic E-state index is -4.43. The lowest BCUT2D eigenvalue weighted by atomic mass is 9.92. The number of amides is 1. The van der Waals surface area contributed by atoms with E-state index in [4.69, 9.17) is 5.11 Å². The summed E-state index contributed by atoms with van der Waals surface area (Å²) in [6, 6.07) is 4.15. The lowest BCUT2D eigenvalue weighted by Gasteiger charge is -2.23. The van der Waals surface area contributed by atoms with Gasteiger partial charge in [-0.15, -0.1) is 0 Å². The van der Waals surface area contributed by atoms with E-state index in [0.717, 1.165) is 17.0 Å². The maximum atomic E-state index is 12.4. The molecule has 2 rings (SSSR count). The quantitative estimate of drug-likeness (QED) is 0.826. The third-order valence-electron chi connectivity index (χ3n) is 3.27. The van der Waals surface area contributed by atoms with E-state index in [1.165, 1.54) is 12.1 Å². The number of β-amino-alcohol motifs (C(OH)–C–C–N with tert-alkyl or cyclic N) is 1. The first-order valence-corrected chi connectivity index (χ1v) is 5.60. The van der Waals surface area contributed by atoms with Crippen LogP contribution in [0.25, 0.3) is 0 Å². The predicted molar refractivity (Wildman–Crippen MR) is 59.6 cm³/mol. The van der Waals surface area contributed by atoms with Crippen molar-refractivity contribution in [2.45, 2.75) is 18.2 Å². The summed E-state index contributed by atoms with van der Waals surface area (Å²) >= 11 is 0. The first-order valence-electron chi connectivity index (χ1n) is 5.60. The second-order valence-electron chi connectivity index (χ2n) is 4.56. The minimum absolute atomic E-state index is 0.131. The molecule has 0 radical (unpaired) electrons. The number of rotatable bonds is 1. The molecule has 1 heterocycles. The highest BCUT2D eigenvalue weighted by atomic mass is 19.4. The van der Waals surface area contributed by atoms with Crippen molar-refractivity contribution in [1.29, 1.82) is 0 Å². The fourth-order valence-electron chi connectivity index (χ4n) is 2.16. The van der Waals surface area contributed by atoms with Crippen LogP contribution in [0.1, 0.15) is 17.5 Å². The number of carbonyl (C=O) groups is 1. The normalized spacial score (nSPS) is 23.7. The minimum Gasteiger partial charge on any atom is -0.465 e. The summed E-state index contributed by atoms with van der Waals surface area (Å²) in [6.45, 7) is 0.0283. The van der Waals surface area contributed by atoms with Gasteiger partial charge in [-0.05, 0) is 24.1 Å². The number of likely N-dealkylation sites (tertiary alicyclic amines) is 1. The number of carboxylic acid groups (broad SMARTS) is 1. The number of aliphatic hydroxyl groups is 1. The van der Waals surface area contributed by atoms with Gasteiger partial charge in [-0.2, -0.15) is 13.2 Å². The molecule has 0 bridgehead atoms. The molecular formula is C12H12F3NO3. The van der Waals surface area contributed by atoms with Crippen LogP contribution in [-0.2, 0) is 11.8 Å². The summed E-state index contributed by atoms with van der Waals surface area (Å²) in [5, 5.41) is 19.1. The maximum absolute atomic E-state index is 12.4. The Kier molecular flexibility index (Phi) is 3.17. The molecule has 1 saturated heterocycles. The Morgan fingerprint density at radius 2 is 1.84 bits per heavy atom. The van der Waals surface area contributed by atoms with Crippen molar-refractivity contribution >= 4 is 6.09 Å². The van der Waals surface area contributed by atoms with Gasteiger partial charge in [-0.1, -0.05) is 12.1 Å². The summed E-state index contributed by atoms with van der Waals surface area (Å²) in [4.78, 5) is 11.8. The zero-order valence-electron chi connectivity index (χ0n) is 9.81. The van der Waals surface area contributed by atoms with Gasteiger partial charge in [0, 0.05) is 6.54 Å². The number of nitrogens with zero attached hydrogens (tertiary/aromatic N) is 1. The molecule has 0 aliphatic carbocycles. The molecule has 7 heteroatoms. The Bertz CT molecular complexity index is 486. The summed E-state index contributed by atoms with van der Waals surface area (Å²) < 4.78 is 37.2. The molecule has 0 saturated carbocycles. The third kappa shape index (κ3) is 2.65. The molecule has 1 fully saturated rings. The number of alkyl halides is 3. The van der Waals surface area contributed by atoms with Crippen LogP contribution in [0.4, 0.5) is 18.0 Å². The van der Waals surface area contributed by atoms with Gasteiger partial charge in [0.15, 0.2) is 0 Å². The molecule has 1 amide bonds. The first-order chi connectivity index (χ1) is 8.72. The molecule has 2 N–H and O–H groups in total. The monoisotopic (exact) mass is 275 g/mol. The van der Waals surface area contributed by atoms with Gasteiger partial charge in [0.25, 0.3) is 0 Å². The molecule has 1 aliphatic rings. The Morgan fingerprint density at radius 3 is 2.26 bits per heavy atom. The molecule has 1 aliphatic heterocycles. The van der Waals surface area contributed by atoms with Gasteiger partial charge in [-0.3, -0.25) is 0 Å². The first kappa shape index (κ1) is 13.7. The Balaban J connectivity index is 2.21. The van der Waals surface area contributed by atoms with Crippen LogP contribution in [0.15, 0.2) is 24.3 Å². The molecule has 104 valence electrons. The van der Waals surface area contributed by atoms with E-state index >= 15 is 0 Å². The van der Waals surface area contributed by atoms with Crippen LogP contribution in [-0.4, -0.2) is 34.3 Å². The zero-order chi connectivity index (χ0) is 14.3. The summed E-state index contributed by atoms with van der Waals surface area (Å²) in [5.41, 5.74) is -1.92. The Hall–Kier alpha value is -1.76. The SMILES string of the molecule is O=C(O)N1CCC(O)(c2ccc(C(F)(F)F)cc2)C1. The molecule has 1 unspecified atom stereocenters. The van der Waals surface area contributed by atoms with Gasteiger partial charge >= 0.3 is 12.3 Å². The molecule has 1 aromatic carbocycles. The van der Waals surface area contributed by atoms with Crippen molar-refractivity contribution in [3.05, 3.63) is 35.4 Å². The Labute approximate surface area is 107 Å². The van der Waals surface area contributed by atoms with E-state index in [0.29, 0.717) is 5.56 Å². The number of halogens is 3. The van der Waals surface area contributed by atoms with Gasteiger partial charge in [0.1, 0.15) is 5.60 Å². The highest BCUT2D eigenvalue weighted by Crippen LogP contribution is 2.34. The van der Waals surface area contributed by atoms with Crippen LogP contribution in [0, 0.1) is 0 Å². The van der Waals surface area contributed by atoms with Crippen LogP contribution in [0.3, 0.4) is 0 Å². The topological polar surface area (TPSA) is 60.8 Å². The van der Waals surface area contributed by atoms with Gasteiger partial charge in [0.2, 0.25) is 0 Å². The fourth-order valence-corrected chi connectivity index (χ4v) is 2.16. The van der Waals surface area contributed by atoms with E-state index in [9.17, 15) is 23.1 Å². The van der Waals surface area contributed by atoms with E-state index < -0.39 is 23.4 Å². The number of hydrogen-bond acceptors (Lipinski definition) is 2. The smallest absolute Gasteiger partial charge is 0.416 e. The van der Waals surface area contributed by atoms with E-state index in [1.54, 1.807) is 0 Å². The van der Waals surface area contributed by atoms with Crippen molar-refractivity contribution < 1.29 is 28.2 Å². The lowest BCUT2D eigenvalue weighted by molar-refractivity contribution is -0.137. The highest BCUT2D eigenvalue weighted by molar-refractivity contribution is 5.65. The van der Waals surface area contributed by atoms with E-state index in [-0.39, 0.29) is 19.5 Å². The average Bonchev–Trinajstić information content (AvgIpc) is 2.73. The maximum Gasteiger partial charge on any atom is 0.416 e. The lowest BCUT2D eigenvalue weighted by Crippen LogP contribution is -2.33. The second kappa shape index (κ2) is 4.41. The third-order valence-corrected chi connectivity index (χ3v) is 3.27. The fraction of sp³-hybridized carbons (Fsp3) is 0.417. The molecule has 19 heavy (non-hydrogen) atoms. The van der Waals surface area contributed by atoms with E-state index in [2.05, 4.69) is 0 Å². The average molecular weight is 275 g/mol. The molecule has 4 nitrogen and oxygen atoms in total. The van der Waals surface area contributed by atoms with Gasteiger partial charge in [0.05, 0.1) is 12.1 Å². The summed E-state index contributed by atoms with van der Waals surface area (Å²) in [7, 11) is 0. The van der Waals surface area contributed by atoms with Crippen molar-refractivity contribution in [3.63, 3.8) is 0 Å². The zero-order valence-corrected chi connectivity index (χ0v) is 9.81. The summed E-state index contributed by atoms with van der Waals surface area (Å²) in [6.07, 6.45) is -5.41. The molecule has 0 aromatic heterocycles. The van der Waals surface area contributed by atoms with Crippen LogP contribution >= 0.6 is 0 Å².